The normalized spacial score (nSPS) is 24.6. The predicted octanol–water partition coefficient (Wildman–Crippen LogP) is 2.95. The lowest BCUT2D eigenvalue weighted by Crippen LogP contribution is -2.34. The third kappa shape index (κ3) is 3.47. The molecule has 1 saturated carbocycles. The van der Waals surface area contributed by atoms with Crippen LogP contribution in [-0.2, 0) is 0 Å². The largest absolute Gasteiger partial charge is 0.374 e. The van der Waals surface area contributed by atoms with E-state index in [4.69, 9.17) is 5.73 Å². The maximum atomic E-state index is 6.04. The van der Waals surface area contributed by atoms with Crippen molar-refractivity contribution in [1.29, 1.82) is 0 Å². The van der Waals surface area contributed by atoms with Crippen molar-refractivity contribution in [1.82, 2.24) is 0 Å². The van der Waals surface area contributed by atoms with Crippen LogP contribution in [0.1, 0.15) is 31.2 Å². The van der Waals surface area contributed by atoms with Crippen molar-refractivity contribution in [2.75, 3.05) is 18.5 Å². The lowest BCUT2D eigenvalue weighted by Gasteiger charge is -2.31. The van der Waals surface area contributed by atoms with E-state index in [1.165, 1.54) is 36.9 Å². The van der Waals surface area contributed by atoms with E-state index in [0.717, 1.165) is 12.5 Å². The highest BCUT2D eigenvalue weighted by Crippen LogP contribution is 2.25. The van der Waals surface area contributed by atoms with Crippen LogP contribution in [0.15, 0.2) is 24.3 Å². The van der Waals surface area contributed by atoms with Crippen LogP contribution >= 0.6 is 0 Å². The summed E-state index contributed by atoms with van der Waals surface area (Å²) < 4.78 is 0. The molecule has 2 nitrogen and oxygen atoms in total. The molecule has 17 heavy (non-hydrogen) atoms. The fourth-order valence-corrected chi connectivity index (χ4v) is 2.79. The Morgan fingerprint density at radius 3 is 2.59 bits per heavy atom. The van der Waals surface area contributed by atoms with Gasteiger partial charge in [0, 0.05) is 25.3 Å². The predicted molar refractivity (Wildman–Crippen MR) is 74.4 cm³/mol. The molecule has 0 spiro atoms. The molecule has 1 aromatic carbocycles. The molecule has 0 aromatic heterocycles. The van der Waals surface area contributed by atoms with Gasteiger partial charge in [-0.25, -0.2) is 0 Å². The van der Waals surface area contributed by atoms with Gasteiger partial charge in [0.15, 0.2) is 0 Å². The zero-order valence-corrected chi connectivity index (χ0v) is 11.0. The van der Waals surface area contributed by atoms with Gasteiger partial charge in [0.05, 0.1) is 0 Å². The molecule has 1 fully saturated rings. The topological polar surface area (TPSA) is 29.3 Å². The van der Waals surface area contributed by atoms with Gasteiger partial charge in [0.2, 0.25) is 0 Å². The fourth-order valence-electron chi connectivity index (χ4n) is 2.79. The molecule has 2 N–H and O–H groups in total. The van der Waals surface area contributed by atoms with Gasteiger partial charge < -0.3 is 10.6 Å². The lowest BCUT2D eigenvalue weighted by molar-refractivity contribution is 0.326. The first-order chi connectivity index (χ1) is 8.15. The second kappa shape index (κ2) is 5.54. The zero-order valence-electron chi connectivity index (χ0n) is 11.0. The Labute approximate surface area is 105 Å². The van der Waals surface area contributed by atoms with Crippen molar-refractivity contribution in [3.63, 3.8) is 0 Å². The SMILES string of the molecule is Cc1ccc(N(C)CC2CCCC(N)C2)cc1. The van der Waals surface area contributed by atoms with E-state index in [2.05, 4.69) is 43.1 Å². The summed E-state index contributed by atoms with van der Waals surface area (Å²) in [6.07, 6.45) is 5.04. The first-order valence-corrected chi connectivity index (χ1v) is 6.68. The molecule has 1 aromatic rings. The van der Waals surface area contributed by atoms with Crippen molar-refractivity contribution < 1.29 is 0 Å². The van der Waals surface area contributed by atoms with Gasteiger partial charge in [-0.2, -0.15) is 0 Å². The molecule has 0 saturated heterocycles. The van der Waals surface area contributed by atoms with Gasteiger partial charge in [0.1, 0.15) is 0 Å². The van der Waals surface area contributed by atoms with Crippen molar-refractivity contribution in [3.05, 3.63) is 29.8 Å². The first kappa shape index (κ1) is 12.4. The summed E-state index contributed by atoms with van der Waals surface area (Å²) in [5.41, 5.74) is 8.68. The summed E-state index contributed by atoms with van der Waals surface area (Å²) in [7, 11) is 2.19. The molecular formula is C15H24N2. The van der Waals surface area contributed by atoms with Crippen LogP contribution in [0.5, 0.6) is 0 Å². The first-order valence-electron chi connectivity index (χ1n) is 6.68. The number of nitrogens with zero attached hydrogens (tertiary/aromatic N) is 1. The van der Waals surface area contributed by atoms with E-state index in [1.54, 1.807) is 0 Å². The Kier molecular flexibility index (Phi) is 4.06. The van der Waals surface area contributed by atoms with E-state index < -0.39 is 0 Å². The van der Waals surface area contributed by atoms with Gasteiger partial charge in [-0.05, 0) is 44.2 Å². The number of hydrogen-bond acceptors (Lipinski definition) is 2. The third-order valence-corrected chi connectivity index (χ3v) is 3.83. The standard InChI is InChI=1S/C15H24N2/c1-12-6-8-15(9-7-12)17(2)11-13-4-3-5-14(16)10-13/h6-9,13-14H,3-5,10-11,16H2,1-2H3. The Hall–Kier alpha value is -1.02. The van der Waals surface area contributed by atoms with Crippen LogP contribution in [0.4, 0.5) is 5.69 Å². The maximum Gasteiger partial charge on any atom is 0.0363 e. The molecule has 1 aliphatic rings. The Bertz CT molecular complexity index is 344. The number of benzene rings is 1. The Morgan fingerprint density at radius 2 is 1.94 bits per heavy atom. The van der Waals surface area contributed by atoms with Crippen LogP contribution < -0.4 is 10.6 Å². The fraction of sp³-hybridized carbons (Fsp3) is 0.600. The molecular weight excluding hydrogens is 208 g/mol. The molecule has 2 atom stereocenters. The second-order valence-corrected chi connectivity index (χ2v) is 5.51. The van der Waals surface area contributed by atoms with Crippen LogP contribution in [0.25, 0.3) is 0 Å². The van der Waals surface area contributed by atoms with E-state index in [0.29, 0.717) is 6.04 Å². The van der Waals surface area contributed by atoms with Crippen LogP contribution in [0.2, 0.25) is 0 Å². The summed E-state index contributed by atoms with van der Waals surface area (Å²) in [6.45, 7) is 3.26. The van der Waals surface area contributed by atoms with E-state index in [9.17, 15) is 0 Å². The minimum absolute atomic E-state index is 0.431. The number of rotatable bonds is 3. The van der Waals surface area contributed by atoms with E-state index >= 15 is 0 Å². The van der Waals surface area contributed by atoms with Crippen molar-refractivity contribution in [3.8, 4) is 0 Å². The zero-order chi connectivity index (χ0) is 12.3. The highest BCUT2D eigenvalue weighted by atomic mass is 15.1. The van der Waals surface area contributed by atoms with Crippen molar-refractivity contribution >= 4 is 5.69 Å². The summed E-state index contributed by atoms with van der Waals surface area (Å²) in [4.78, 5) is 2.36. The Morgan fingerprint density at radius 1 is 1.24 bits per heavy atom. The van der Waals surface area contributed by atoms with Gasteiger partial charge in [-0.1, -0.05) is 24.1 Å². The summed E-state index contributed by atoms with van der Waals surface area (Å²) in [6, 6.07) is 9.20. The summed E-state index contributed by atoms with van der Waals surface area (Å²) >= 11 is 0. The van der Waals surface area contributed by atoms with E-state index in [1.807, 2.05) is 0 Å². The molecule has 0 heterocycles. The number of nitrogens with two attached hydrogens (primary N) is 1. The molecule has 94 valence electrons. The molecule has 2 heteroatoms. The van der Waals surface area contributed by atoms with Crippen LogP contribution in [0, 0.1) is 12.8 Å². The molecule has 2 rings (SSSR count). The Balaban J connectivity index is 1.91. The minimum Gasteiger partial charge on any atom is -0.374 e. The monoisotopic (exact) mass is 232 g/mol. The van der Waals surface area contributed by atoms with Crippen LogP contribution in [-0.4, -0.2) is 19.6 Å². The van der Waals surface area contributed by atoms with Gasteiger partial charge in [0.25, 0.3) is 0 Å². The molecule has 0 amide bonds. The molecule has 0 radical (unpaired) electrons. The average Bonchev–Trinajstić information content (AvgIpc) is 2.29. The summed E-state index contributed by atoms with van der Waals surface area (Å²) in [5.74, 6) is 0.769. The maximum absolute atomic E-state index is 6.04. The minimum atomic E-state index is 0.431. The molecule has 0 aliphatic heterocycles. The lowest BCUT2D eigenvalue weighted by atomic mass is 9.86. The number of anilines is 1. The third-order valence-electron chi connectivity index (χ3n) is 3.83. The highest BCUT2D eigenvalue weighted by Gasteiger charge is 2.20. The quantitative estimate of drug-likeness (QED) is 0.868. The van der Waals surface area contributed by atoms with Gasteiger partial charge in [-0.3, -0.25) is 0 Å². The average molecular weight is 232 g/mol. The number of aryl methyl sites for hydroxylation is 1. The molecule has 2 unspecified atom stereocenters. The van der Waals surface area contributed by atoms with Gasteiger partial charge >= 0.3 is 0 Å². The van der Waals surface area contributed by atoms with E-state index in [-0.39, 0.29) is 0 Å². The highest BCUT2D eigenvalue weighted by molar-refractivity contribution is 5.46. The number of hydrogen-bond donors (Lipinski definition) is 1. The van der Waals surface area contributed by atoms with Crippen molar-refractivity contribution in [2.45, 2.75) is 38.6 Å². The smallest absolute Gasteiger partial charge is 0.0363 e. The second-order valence-electron chi connectivity index (χ2n) is 5.51. The molecule has 0 bridgehead atoms. The van der Waals surface area contributed by atoms with Crippen LogP contribution in [0.3, 0.4) is 0 Å². The van der Waals surface area contributed by atoms with Gasteiger partial charge in [-0.15, -0.1) is 0 Å². The molecule has 1 aliphatic carbocycles. The van der Waals surface area contributed by atoms with Crippen molar-refractivity contribution in [2.24, 2.45) is 11.7 Å². The summed E-state index contributed by atoms with van der Waals surface area (Å²) in [5, 5.41) is 0.